The minimum absolute atomic E-state index is 0.0131. The summed E-state index contributed by atoms with van der Waals surface area (Å²) in [6.45, 7) is 4.53. The van der Waals surface area contributed by atoms with Crippen LogP contribution in [0.1, 0.15) is 27.2 Å². The second kappa shape index (κ2) is 7.92. The Morgan fingerprint density at radius 2 is 1.92 bits per heavy atom. The lowest BCUT2D eigenvalue weighted by molar-refractivity contribution is -0.384. The molecule has 0 atom stereocenters. The van der Waals surface area contributed by atoms with E-state index in [0.717, 1.165) is 0 Å². The Morgan fingerprint density at radius 3 is 2.50 bits per heavy atom. The fraction of sp³-hybridized carbons (Fsp3) is 0.235. The van der Waals surface area contributed by atoms with Gasteiger partial charge in [0.1, 0.15) is 5.15 Å². The molecule has 0 saturated carbocycles. The molecule has 0 spiro atoms. The maximum Gasteiger partial charge on any atom is 0.342 e. The number of esters is 1. The number of nitrogens with zero attached hydrogens (tertiary/aromatic N) is 2. The van der Waals surface area contributed by atoms with Crippen molar-refractivity contribution in [3.63, 3.8) is 0 Å². The first kappa shape index (κ1) is 19.3. The van der Waals surface area contributed by atoms with Crippen molar-refractivity contribution in [3.8, 4) is 0 Å². The van der Waals surface area contributed by atoms with Gasteiger partial charge in [-0.2, -0.15) is 0 Å². The Balaban J connectivity index is 2.01. The quantitative estimate of drug-likeness (QED) is 0.370. The molecule has 136 valence electrons. The molecule has 0 aliphatic carbocycles. The van der Waals surface area contributed by atoms with Gasteiger partial charge < -0.3 is 10.1 Å². The molecule has 1 aromatic heterocycles. The number of hydrogen-bond donors (Lipinski definition) is 1. The molecule has 2 aromatic rings. The van der Waals surface area contributed by atoms with Gasteiger partial charge >= 0.3 is 5.97 Å². The van der Waals surface area contributed by atoms with Crippen LogP contribution in [0.2, 0.25) is 5.15 Å². The highest BCUT2D eigenvalue weighted by atomic mass is 35.5. The zero-order chi connectivity index (χ0) is 19.4. The number of carbonyl (C=O) groups excluding carboxylic acids is 2. The zero-order valence-corrected chi connectivity index (χ0v) is 15.1. The molecule has 1 aromatic carbocycles. The van der Waals surface area contributed by atoms with Gasteiger partial charge in [-0.3, -0.25) is 14.9 Å². The standard InChI is InChI=1S/C17H16ClN3O5/c1-9-7-12(21(24)25)4-5-13(9)20-14(22)8-26-17(23)15-10(2)6-11(3)19-16(15)18/h4-7H,8H2,1-3H3,(H,20,22). The fourth-order valence-electron chi connectivity index (χ4n) is 2.33. The van der Waals surface area contributed by atoms with E-state index in [9.17, 15) is 19.7 Å². The number of ether oxygens (including phenoxy) is 1. The van der Waals surface area contributed by atoms with Crippen LogP contribution in [-0.4, -0.2) is 28.4 Å². The van der Waals surface area contributed by atoms with Gasteiger partial charge in [0.25, 0.3) is 11.6 Å². The molecule has 0 saturated heterocycles. The lowest BCUT2D eigenvalue weighted by Gasteiger charge is -2.10. The van der Waals surface area contributed by atoms with Gasteiger partial charge in [-0.1, -0.05) is 11.6 Å². The minimum atomic E-state index is -0.754. The lowest BCUT2D eigenvalue weighted by atomic mass is 10.1. The summed E-state index contributed by atoms with van der Waals surface area (Å²) in [5, 5.41) is 13.3. The van der Waals surface area contributed by atoms with Crippen LogP contribution in [0.3, 0.4) is 0 Å². The summed E-state index contributed by atoms with van der Waals surface area (Å²) in [4.78, 5) is 38.3. The summed E-state index contributed by atoms with van der Waals surface area (Å²) in [7, 11) is 0. The van der Waals surface area contributed by atoms with E-state index < -0.39 is 23.4 Å². The number of nitro groups is 1. The number of aromatic nitrogens is 1. The number of aryl methyl sites for hydroxylation is 3. The second-order valence-electron chi connectivity index (χ2n) is 5.63. The number of halogens is 1. The van der Waals surface area contributed by atoms with E-state index in [1.165, 1.54) is 18.2 Å². The fourth-order valence-corrected chi connectivity index (χ4v) is 2.69. The van der Waals surface area contributed by atoms with Gasteiger partial charge in [0.2, 0.25) is 0 Å². The molecular formula is C17H16ClN3O5. The van der Waals surface area contributed by atoms with E-state index >= 15 is 0 Å². The predicted molar refractivity (Wildman–Crippen MR) is 95.5 cm³/mol. The third-order valence-corrected chi connectivity index (χ3v) is 3.81. The molecule has 1 amide bonds. The average molecular weight is 378 g/mol. The maximum atomic E-state index is 12.1. The molecule has 0 aliphatic heterocycles. The van der Waals surface area contributed by atoms with E-state index in [4.69, 9.17) is 16.3 Å². The third-order valence-electron chi connectivity index (χ3n) is 3.53. The first-order chi connectivity index (χ1) is 12.2. The molecular weight excluding hydrogens is 362 g/mol. The van der Waals surface area contributed by atoms with Crippen LogP contribution < -0.4 is 5.32 Å². The lowest BCUT2D eigenvalue weighted by Crippen LogP contribution is -2.22. The average Bonchev–Trinajstić information content (AvgIpc) is 2.53. The molecule has 0 bridgehead atoms. The Labute approximate surface area is 154 Å². The highest BCUT2D eigenvalue weighted by Gasteiger charge is 2.18. The molecule has 0 radical (unpaired) electrons. The van der Waals surface area contributed by atoms with Crippen LogP contribution in [0.4, 0.5) is 11.4 Å². The van der Waals surface area contributed by atoms with Crippen molar-refractivity contribution in [2.75, 3.05) is 11.9 Å². The number of benzene rings is 1. The van der Waals surface area contributed by atoms with Crippen molar-refractivity contribution in [1.82, 2.24) is 4.98 Å². The second-order valence-corrected chi connectivity index (χ2v) is 5.99. The van der Waals surface area contributed by atoms with Crippen LogP contribution in [0, 0.1) is 30.9 Å². The largest absolute Gasteiger partial charge is 0.452 e. The first-order valence-electron chi connectivity index (χ1n) is 7.54. The summed E-state index contributed by atoms with van der Waals surface area (Å²) in [5.41, 5.74) is 2.19. The third kappa shape index (κ3) is 4.54. The summed E-state index contributed by atoms with van der Waals surface area (Å²) >= 11 is 5.97. The van der Waals surface area contributed by atoms with Crippen LogP contribution in [0.25, 0.3) is 0 Å². The molecule has 1 heterocycles. The van der Waals surface area contributed by atoms with Crippen molar-refractivity contribution in [3.05, 3.63) is 61.9 Å². The number of pyridine rings is 1. The molecule has 0 unspecified atom stereocenters. The molecule has 2 rings (SSSR count). The van der Waals surface area contributed by atoms with E-state index in [2.05, 4.69) is 10.3 Å². The normalized spacial score (nSPS) is 10.3. The van der Waals surface area contributed by atoms with Gasteiger partial charge in [0.15, 0.2) is 6.61 Å². The predicted octanol–water partition coefficient (Wildman–Crippen LogP) is 3.36. The number of carbonyl (C=O) groups is 2. The smallest absolute Gasteiger partial charge is 0.342 e. The Morgan fingerprint density at radius 1 is 1.23 bits per heavy atom. The molecule has 1 N–H and O–H groups in total. The zero-order valence-electron chi connectivity index (χ0n) is 14.3. The SMILES string of the molecule is Cc1cc(C)c(C(=O)OCC(=O)Nc2ccc([N+](=O)[O-])cc2C)c(Cl)n1. The highest BCUT2D eigenvalue weighted by Crippen LogP contribution is 2.22. The summed E-state index contributed by atoms with van der Waals surface area (Å²) in [5.74, 6) is -1.33. The van der Waals surface area contributed by atoms with Crippen molar-refractivity contribution < 1.29 is 19.2 Å². The first-order valence-corrected chi connectivity index (χ1v) is 7.92. The minimum Gasteiger partial charge on any atom is -0.452 e. The summed E-state index contributed by atoms with van der Waals surface area (Å²) < 4.78 is 4.98. The monoisotopic (exact) mass is 377 g/mol. The van der Waals surface area contributed by atoms with Crippen molar-refractivity contribution in [2.45, 2.75) is 20.8 Å². The summed E-state index contributed by atoms with van der Waals surface area (Å²) in [6.07, 6.45) is 0. The van der Waals surface area contributed by atoms with Crippen molar-refractivity contribution >= 4 is 34.9 Å². The summed E-state index contributed by atoms with van der Waals surface area (Å²) in [6, 6.07) is 5.71. The van der Waals surface area contributed by atoms with Gasteiger partial charge in [-0.05, 0) is 44.0 Å². The molecule has 26 heavy (non-hydrogen) atoms. The highest BCUT2D eigenvalue weighted by molar-refractivity contribution is 6.32. The molecule has 8 nitrogen and oxygen atoms in total. The van der Waals surface area contributed by atoms with Crippen LogP contribution >= 0.6 is 11.6 Å². The van der Waals surface area contributed by atoms with Crippen LogP contribution in [-0.2, 0) is 9.53 Å². The number of nitrogens with one attached hydrogen (secondary N) is 1. The molecule has 0 aliphatic rings. The van der Waals surface area contributed by atoms with E-state index in [1.54, 1.807) is 26.8 Å². The Bertz CT molecular complexity index is 875. The number of amides is 1. The van der Waals surface area contributed by atoms with Crippen molar-refractivity contribution in [2.24, 2.45) is 0 Å². The van der Waals surface area contributed by atoms with Gasteiger partial charge in [-0.15, -0.1) is 0 Å². The van der Waals surface area contributed by atoms with Crippen molar-refractivity contribution in [1.29, 1.82) is 0 Å². The number of hydrogen-bond acceptors (Lipinski definition) is 6. The maximum absolute atomic E-state index is 12.1. The van der Waals surface area contributed by atoms with Gasteiger partial charge in [-0.25, -0.2) is 9.78 Å². The van der Waals surface area contributed by atoms with Gasteiger partial charge in [0.05, 0.1) is 10.5 Å². The number of anilines is 1. The van der Waals surface area contributed by atoms with Gasteiger partial charge in [0, 0.05) is 23.5 Å². The van der Waals surface area contributed by atoms with E-state index in [1.807, 2.05) is 0 Å². The topological polar surface area (TPSA) is 111 Å². The van der Waals surface area contributed by atoms with Crippen LogP contribution in [0.15, 0.2) is 24.3 Å². The number of rotatable bonds is 5. The van der Waals surface area contributed by atoms with Crippen LogP contribution in [0.5, 0.6) is 0 Å². The number of nitro benzene ring substituents is 1. The Kier molecular flexibility index (Phi) is 5.89. The number of non-ortho nitro benzene ring substituents is 1. The molecule has 0 fully saturated rings. The Hall–Kier alpha value is -3.00. The van der Waals surface area contributed by atoms with E-state index in [-0.39, 0.29) is 16.4 Å². The van der Waals surface area contributed by atoms with E-state index in [0.29, 0.717) is 22.5 Å². The molecule has 9 heteroatoms.